The summed E-state index contributed by atoms with van der Waals surface area (Å²) in [4.78, 5) is 19.2. The van der Waals surface area contributed by atoms with Crippen LogP contribution in [-0.2, 0) is 9.59 Å². The molecular formula is C3H3BO2. The maximum absolute atomic E-state index is 9.67. The SMILES string of the molecule is [B]C(=O)C(C)=O. The molecule has 3 heteroatoms. The predicted octanol–water partition coefficient (Wildman–Crippen LogP) is -0.730. The fraction of sp³-hybridized carbons (Fsp3) is 0.333. The summed E-state index contributed by atoms with van der Waals surface area (Å²) in [5.74, 6) is -0.602. The molecular weight excluding hydrogens is 78.8 g/mol. The van der Waals surface area contributed by atoms with Crippen molar-refractivity contribution in [3.8, 4) is 0 Å². The van der Waals surface area contributed by atoms with Crippen LogP contribution in [-0.4, -0.2) is 19.3 Å². The highest BCUT2D eigenvalue weighted by Gasteiger charge is 1.93. The van der Waals surface area contributed by atoms with Gasteiger partial charge in [0.2, 0.25) is 0 Å². The van der Waals surface area contributed by atoms with E-state index in [4.69, 9.17) is 0 Å². The Labute approximate surface area is 36.9 Å². The van der Waals surface area contributed by atoms with Gasteiger partial charge in [0.05, 0.1) is 0 Å². The van der Waals surface area contributed by atoms with Crippen molar-refractivity contribution in [1.82, 2.24) is 0 Å². The van der Waals surface area contributed by atoms with Crippen molar-refractivity contribution in [2.75, 3.05) is 0 Å². The summed E-state index contributed by atoms with van der Waals surface area (Å²) in [7, 11) is 4.45. The van der Waals surface area contributed by atoms with Gasteiger partial charge in [-0.15, -0.1) is 0 Å². The molecule has 0 saturated carbocycles. The van der Waals surface area contributed by atoms with Crippen LogP contribution in [0.2, 0.25) is 0 Å². The molecule has 0 aliphatic rings. The van der Waals surface area contributed by atoms with Crippen molar-refractivity contribution < 1.29 is 9.59 Å². The fourth-order valence-electron chi connectivity index (χ4n) is 0. The lowest BCUT2D eigenvalue weighted by atomic mass is 10.00. The molecule has 0 fully saturated rings. The van der Waals surface area contributed by atoms with E-state index in [1.54, 1.807) is 0 Å². The molecule has 2 radical (unpaired) electrons. The molecule has 2 nitrogen and oxygen atoms in total. The molecule has 0 atom stereocenters. The molecule has 0 aromatic carbocycles. The van der Waals surface area contributed by atoms with Gasteiger partial charge in [0.1, 0.15) is 5.68 Å². The molecule has 0 heterocycles. The molecule has 0 aliphatic carbocycles. The quantitative estimate of drug-likeness (QED) is 0.308. The van der Waals surface area contributed by atoms with Gasteiger partial charge in [0.15, 0.2) is 13.6 Å². The summed E-state index contributed by atoms with van der Waals surface area (Å²) in [6, 6.07) is 0. The first-order valence-corrected chi connectivity index (χ1v) is 1.45. The van der Waals surface area contributed by atoms with Crippen LogP contribution in [0.15, 0.2) is 0 Å². The van der Waals surface area contributed by atoms with Gasteiger partial charge in [0, 0.05) is 6.92 Å². The lowest BCUT2D eigenvalue weighted by Crippen LogP contribution is -2.06. The minimum absolute atomic E-state index is 0.602. The van der Waals surface area contributed by atoms with Crippen LogP contribution in [0.3, 0.4) is 0 Å². The van der Waals surface area contributed by atoms with Gasteiger partial charge in [0.25, 0.3) is 0 Å². The Bertz CT molecular complexity index is 74.8. The summed E-state index contributed by atoms with van der Waals surface area (Å²) in [5.41, 5.74) is -0.880. The molecule has 0 rings (SSSR count). The van der Waals surface area contributed by atoms with Gasteiger partial charge in [-0.05, 0) is 0 Å². The maximum atomic E-state index is 9.67. The van der Waals surface area contributed by atoms with E-state index in [-0.39, 0.29) is 0 Å². The zero-order valence-electron chi connectivity index (χ0n) is 3.39. The number of Topliss-reactive ketones (excluding diaryl/α,β-unsaturated/α-hetero) is 1. The van der Waals surface area contributed by atoms with E-state index in [1.165, 1.54) is 0 Å². The van der Waals surface area contributed by atoms with Crippen LogP contribution >= 0.6 is 0 Å². The van der Waals surface area contributed by atoms with Crippen LogP contribution in [0.1, 0.15) is 6.92 Å². The van der Waals surface area contributed by atoms with Crippen molar-refractivity contribution in [3.63, 3.8) is 0 Å². The standard InChI is InChI=1S/C3H3BO2/c1-2(5)3(4)6/h1H3. The summed E-state index contributed by atoms with van der Waals surface area (Å²) < 4.78 is 0. The van der Waals surface area contributed by atoms with E-state index < -0.39 is 11.5 Å². The molecule has 0 aromatic heterocycles. The molecule has 30 valence electrons. The third kappa shape index (κ3) is 1.70. The minimum Gasteiger partial charge on any atom is -0.304 e. The summed E-state index contributed by atoms with van der Waals surface area (Å²) in [5, 5.41) is 0. The molecule has 6 heavy (non-hydrogen) atoms. The van der Waals surface area contributed by atoms with Gasteiger partial charge in [-0.2, -0.15) is 0 Å². The number of hydrogen-bond donors (Lipinski definition) is 0. The van der Waals surface area contributed by atoms with Crippen LogP contribution in [0.4, 0.5) is 0 Å². The van der Waals surface area contributed by atoms with Gasteiger partial charge >= 0.3 is 0 Å². The number of rotatable bonds is 1. The monoisotopic (exact) mass is 82.0 g/mol. The van der Waals surface area contributed by atoms with E-state index in [0.717, 1.165) is 6.92 Å². The van der Waals surface area contributed by atoms with Crippen LogP contribution in [0.5, 0.6) is 0 Å². The predicted molar refractivity (Wildman–Crippen MR) is 21.4 cm³/mol. The maximum Gasteiger partial charge on any atom is 0.183 e. The number of carbonyl (C=O) groups excluding carboxylic acids is 2. The Hall–Kier alpha value is -0.595. The smallest absolute Gasteiger partial charge is 0.183 e. The first kappa shape index (κ1) is 5.40. The van der Waals surface area contributed by atoms with Crippen LogP contribution in [0.25, 0.3) is 0 Å². The first-order chi connectivity index (χ1) is 2.64. The first-order valence-electron chi connectivity index (χ1n) is 1.45. The highest BCUT2D eigenvalue weighted by atomic mass is 16.2. The van der Waals surface area contributed by atoms with Gasteiger partial charge < -0.3 is 4.79 Å². The van der Waals surface area contributed by atoms with Gasteiger partial charge in [-0.25, -0.2) is 0 Å². The molecule has 0 aromatic rings. The minimum atomic E-state index is -0.880. The van der Waals surface area contributed by atoms with Crippen molar-refractivity contribution in [2.45, 2.75) is 6.92 Å². The zero-order chi connectivity index (χ0) is 5.15. The molecule has 0 spiro atoms. The Balaban J connectivity index is 3.57. The van der Waals surface area contributed by atoms with E-state index in [2.05, 4.69) is 7.85 Å². The zero-order valence-corrected chi connectivity index (χ0v) is 3.39. The second-order valence-corrected chi connectivity index (χ2v) is 0.920. The Kier molecular flexibility index (Phi) is 1.57. The van der Waals surface area contributed by atoms with Crippen molar-refractivity contribution >= 4 is 19.3 Å². The average molecular weight is 81.9 g/mol. The molecule has 0 aliphatic heterocycles. The van der Waals surface area contributed by atoms with E-state index in [9.17, 15) is 9.59 Å². The lowest BCUT2D eigenvalue weighted by Gasteiger charge is -1.73. The Morgan fingerprint density at radius 2 is 1.67 bits per heavy atom. The second-order valence-electron chi connectivity index (χ2n) is 0.920. The van der Waals surface area contributed by atoms with Gasteiger partial charge in [-0.3, -0.25) is 4.79 Å². The number of ketones is 1. The van der Waals surface area contributed by atoms with Crippen LogP contribution in [0, 0.1) is 0 Å². The normalized spacial score (nSPS) is 7.50. The fourth-order valence-corrected chi connectivity index (χ4v) is 0. The summed E-state index contributed by atoms with van der Waals surface area (Å²) >= 11 is 0. The Morgan fingerprint density at radius 3 is 1.67 bits per heavy atom. The third-order valence-corrected chi connectivity index (χ3v) is 0.347. The Morgan fingerprint density at radius 1 is 1.50 bits per heavy atom. The molecule has 0 N–H and O–H groups in total. The molecule has 0 saturated heterocycles. The lowest BCUT2D eigenvalue weighted by molar-refractivity contribution is -0.130. The van der Waals surface area contributed by atoms with Crippen molar-refractivity contribution in [2.24, 2.45) is 0 Å². The highest BCUT2D eigenvalue weighted by molar-refractivity contribution is 6.76. The van der Waals surface area contributed by atoms with Crippen molar-refractivity contribution in [1.29, 1.82) is 0 Å². The highest BCUT2D eigenvalue weighted by Crippen LogP contribution is 1.61. The van der Waals surface area contributed by atoms with E-state index in [0.29, 0.717) is 0 Å². The van der Waals surface area contributed by atoms with E-state index >= 15 is 0 Å². The number of carbonyl (C=O) groups is 2. The molecule has 0 amide bonds. The molecule has 0 unspecified atom stereocenters. The topological polar surface area (TPSA) is 34.1 Å². The second kappa shape index (κ2) is 1.75. The van der Waals surface area contributed by atoms with Gasteiger partial charge in [-0.1, -0.05) is 0 Å². The largest absolute Gasteiger partial charge is 0.304 e. The van der Waals surface area contributed by atoms with Crippen LogP contribution < -0.4 is 0 Å². The third-order valence-electron chi connectivity index (χ3n) is 0.347. The molecule has 0 bridgehead atoms. The summed E-state index contributed by atoms with van der Waals surface area (Å²) in [6.45, 7) is 1.13. The van der Waals surface area contributed by atoms with Crippen molar-refractivity contribution in [3.05, 3.63) is 0 Å². The average Bonchev–Trinajstić information content (AvgIpc) is 1.36. The van der Waals surface area contributed by atoms with E-state index in [1.807, 2.05) is 0 Å². The number of hydrogen-bond acceptors (Lipinski definition) is 2. The summed E-state index contributed by atoms with van der Waals surface area (Å²) in [6.07, 6.45) is 0.